The molecule has 1 aliphatic rings. The van der Waals surface area contributed by atoms with Crippen molar-refractivity contribution in [2.45, 2.75) is 18.4 Å². The number of halogens is 2. The van der Waals surface area contributed by atoms with Crippen molar-refractivity contribution in [1.29, 1.82) is 5.26 Å². The molecule has 9 heteroatoms. The number of aromatic nitrogens is 1. The van der Waals surface area contributed by atoms with Crippen LogP contribution in [0.5, 0.6) is 5.75 Å². The number of methoxy groups -OCH3 is 1. The third-order valence-electron chi connectivity index (χ3n) is 4.59. The summed E-state index contributed by atoms with van der Waals surface area (Å²) in [6, 6.07) is 9.04. The Bertz CT molecular complexity index is 974. The summed E-state index contributed by atoms with van der Waals surface area (Å²) in [5.41, 5.74) is 1.49. The highest BCUT2D eigenvalue weighted by Gasteiger charge is 2.47. The summed E-state index contributed by atoms with van der Waals surface area (Å²) in [4.78, 5) is 29.8. The molecule has 1 atom stereocenters. The van der Waals surface area contributed by atoms with E-state index in [2.05, 4.69) is 10.3 Å². The standard InChI is InChI=1S/C20H18F2N4O3/c1-29-15-4-2-3-13(7-15)17-10-24-6-5-16(17)19(28)25-11-18(27)26-12-20(21,22)8-14(26)9-23/h2-7,10,14H,8,11-12H2,1H3,(H,25,28). The number of benzene rings is 1. The van der Waals surface area contributed by atoms with Crippen molar-refractivity contribution >= 4 is 11.8 Å². The van der Waals surface area contributed by atoms with E-state index in [1.807, 2.05) is 0 Å². The maximum absolute atomic E-state index is 13.5. The average Bonchev–Trinajstić information content (AvgIpc) is 3.06. The summed E-state index contributed by atoms with van der Waals surface area (Å²) < 4.78 is 32.2. The number of pyridine rings is 1. The van der Waals surface area contributed by atoms with Crippen LogP contribution >= 0.6 is 0 Å². The van der Waals surface area contributed by atoms with Gasteiger partial charge in [-0.25, -0.2) is 8.78 Å². The Hall–Kier alpha value is -3.54. The molecular weight excluding hydrogens is 382 g/mol. The van der Waals surface area contributed by atoms with Gasteiger partial charge in [0.25, 0.3) is 11.8 Å². The van der Waals surface area contributed by atoms with Crippen LogP contribution in [-0.4, -0.2) is 53.9 Å². The van der Waals surface area contributed by atoms with Gasteiger partial charge >= 0.3 is 0 Å². The van der Waals surface area contributed by atoms with Gasteiger partial charge in [0.1, 0.15) is 11.8 Å². The number of hydrogen-bond acceptors (Lipinski definition) is 5. The van der Waals surface area contributed by atoms with E-state index < -0.39 is 43.3 Å². The van der Waals surface area contributed by atoms with E-state index in [0.29, 0.717) is 16.9 Å². The van der Waals surface area contributed by atoms with Gasteiger partial charge in [0.15, 0.2) is 0 Å². The zero-order chi connectivity index (χ0) is 21.0. The molecule has 150 valence electrons. The van der Waals surface area contributed by atoms with Crippen molar-refractivity contribution in [2.24, 2.45) is 0 Å². The van der Waals surface area contributed by atoms with Gasteiger partial charge < -0.3 is 15.0 Å². The average molecular weight is 400 g/mol. The molecule has 2 aromatic rings. The monoisotopic (exact) mass is 400 g/mol. The minimum Gasteiger partial charge on any atom is -0.497 e. The van der Waals surface area contributed by atoms with E-state index in [1.54, 1.807) is 30.3 Å². The number of nitriles is 1. The summed E-state index contributed by atoms with van der Waals surface area (Å²) in [7, 11) is 1.53. The van der Waals surface area contributed by atoms with Gasteiger partial charge in [0.05, 0.1) is 31.8 Å². The molecule has 0 saturated carbocycles. The van der Waals surface area contributed by atoms with Gasteiger partial charge in [-0.05, 0) is 23.8 Å². The number of carbonyl (C=O) groups excluding carboxylic acids is 2. The Morgan fingerprint density at radius 3 is 2.93 bits per heavy atom. The maximum atomic E-state index is 13.5. The number of amides is 2. The molecule has 1 aliphatic heterocycles. The normalized spacial score (nSPS) is 17.4. The molecule has 1 aromatic carbocycles. The second kappa shape index (κ2) is 8.22. The molecule has 2 heterocycles. The van der Waals surface area contributed by atoms with Crippen LogP contribution in [0.15, 0.2) is 42.7 Å². The van der Waals surface area contributed by atoms with Gasteiger partial charge in [-0.15, -0.1) is 0 Å². The molecule has 3 rings (SSSR count). The van der Waals surface area contributed by atoms with Gasteiger partial charge in [0.2, 0.25) is 5.91 Å². The SMILES string of the molecule is COc1cccc(-c2cnccc2C(=O)NCC(=O)N2CC(F)(F)CC2C#N)c1. The Morgan fingerprint density at radius 1 is 1.41 bits per heavy atom. The predicted octanol–water partition coefficient (Wildman–Crippen LogP) is 2.25. The van der Waals surface area contributed by atoms with Gasteiger partial charge in [-0.3, -0.25) is 14.6 Å². The van der Waals surface area contributed by atoms with Crippen LogP contribution in [0.25, 0.3) is 11.1 Å². The van der Waals surface area contributed by atoms with Crippen molar-refractivity contribution < 1.29 is 23.1 Å². The van der Waals surface area contributed by atoms with Crippen LogP contribution < -0.4 is 10.1 Å². The zero-order valence-corrected chi connectivity index (χ0v) is 15.6. The van der Waals surface area contributed by atoms with E-state index in [-0.39, 0.29) is 5.56 Å². The predicted molar refractivity (Wildman–Crippen MR) is 99.2 cm³/mol. The fourth-order valence-electron chi connectivity index (χ4n) is 3.16. The number of nitrogens with zero attached hydrogens (tertiary/aromatic N) is 3. The molecule has 7 nitrogen and oxygen atoms in total. The highest BCUT2D eigenvalue weighted by Crippen LogP contribution is 2.31. The summed E-state index contributed by atoms with van der Waals surface area (Å²) >= 11 is 0. The van der Waals surface area contributed by atoms with Crippen molar-refractivity contribution in [1.82, 2.24) is 15.2 Å². The first-order chi connectivity index (χ1) is 13.8. The third kappa shape index (κ3) is 4.48. The topological polar surface area (TPSA) is 95.3 Å². The molecule has 29 heavy (non-hydrogen) atoms. The first kappa shape index (κ1) is 20.2. The summed E-state index contributed by atoms with van der Waals surface area (Å²) in [6.07, 6.45) is 2.25. The van der Waals surface area contributed by atoms with Crippen molar-refractivity contribution in [3.63, 3.8) is 0 Å². The Kier molecular flexibility index (Phi) is 5.73. The van der Waals surface area contributed by atoms with Crippen LogP contribution in [-0.2, 0) is 4.79 Å². The molecule has 0 aliphatic carbocycles. The second-order valence-corrected chi connectivity index (χ2v) is 6.56. The van der Waals surface area contributed by atoms with E-state index in [4.69, 9.17) is 10.00 Å². The number of rotatable bonds is 5. The molecule has 2 amide bonds. The molecule has 1 aromatic heterocycles. The fourth-order valence-corrected chi connectivity index (χ4v) is 3.16. The largest absolute Gasteiger partial charge is 0.497 e. The maximum Gasteiger partial charge on any atom is 0.268 e. The van der Waals surface area contributed by atoms with Crippen LogP contribution in [0.4, 0.5) is 8.78 Å². The number of nitrogens with one attached hydrogen (secondary N) is 1. The lowest BCUT2D eigenvalue weighted by Gasteiger charge is -2.19. The minimum atomic E-state index is -3.11. The third-order valence-corrected chi connectivity index (χ3v) is 4.59. The Labute approximate surface area is 165 Å². The summed E-state index contributed by atoms with van der Waals surface area (Å²) in [6.45, 7) is -1.32. The number of hydrogen-bond donors (Lipinski definition) is 1. The molecule has 0 spiro atoms. The molecular formula is C20H18F2N4O3. The van der Waals surface area contributed by atoms with Crippen LogP contribution in [0.2, 0.25) is 0 Å². The summed E-state index contributed by atoms with van der Waals surface area (Å²) in [5.74, 6) is -3.80. The lowest BCUT2D eigenvalue weighted by atomic mass is 10.0. The van der Waals surface area contributed by atoms with Crippen molar-refractivity contribution in [3.8, 4) is 22.9 Å². The zero-order valence-electron chi connectivity index (χ0n) is 15.6. The van der Waals surface area contributed by atoms with E-state index in [9.17, 15) is 18.4 Å². The van der Waals surface area contributed by atoms with Gasteiger partial charge in [-0.2, -0.15) is 5.26 Å². The molecule has 1 N–H and O–H groups in total. The Morgan fingerprint density at radius 2 is 2.21 bits per heavy atom. The minimum absolute atomic E-state index is 0.268. The van der Waals surface area contributed by atoms with E-state index in [0.717, 1.165) is 4.90 Å². The van der Waals surface area contributed by atoms with E-state index >= 15 is 0 Å². The first-order valence-electron chi connectivity index (χ1n) is 8.78. The van der Waals surface area contributed by atoms with Crippen molar-refractivity contribution in [3.05, 3.63) is 48.3 Å². The van der Waals surface area contributed by atoms with Crippen LogP contribution in [0.1, 0.15) is 16.8 Å². The second-order valence-electron chi connectivity index (χ2n) is 6.56. The molecule has 0 bridgehead atoms. The fraction of sp³-hybridized carbons (Fsp3) is 0.300. The number of carbonyl (C=O) groups is 2. The lowest BCUT2D eigenvalue weighted by Crippen LogP contribution is -2.43. The Balaban J connectivity index is 1.74. The highest BCUT2D eigenvalue weighted by molar-refractivity contribution is 6.02. The highest BCUT2D eigenvalue weighted by atomic mass is 19.3. The van der Waals surface area contributed by atoms with Crippen LogP contribution in [0, 0.1) is 11.3 Å². The number of alkyl halides is 2. The van der Waals surface area contributed by atoms with Gasteiger partial charge in [-0.1, -0.05) is 12.1 Å². The number of likely N-dealkylation sites (tertiary alicyclic amines) is 1. The summed E-state index contributed by atoms with van der Waals surface area (Å²) in [5, 5.41) is 11.4. The van der Waals surface area contributed by atoms with Crippen LogP contribution in [0.3, 0.4) is 0 Å². The smallest absolute Gasteiger partial charge is 0.268 e. The lowest BCUT2D eigenvalue weighted by molar-refractivity contribution is -0.131. The number of ether oxygens (including phenoxy) is 1. The molecule has 0 radical (unpaired) electrons. The molecule has 1 saturated heterocycles. The molecule has 1 fully saturated rings. The van der Waals surface area contributed by atoms with Crippen molar-refractivity contribution in [2.75, 3.05) is 20.2 Å². The quantitative estimate of drug-likeness (QED) is 0.831. The molecule has 1 unspecified atom stereocenters. The van der Waals surface area contributed by atoms with Gasteiger partial charge in [0, 0.05) is 24.4 Å². The van der Waals surface area contributed by atoms with E-state index in [1.165, 1.54) is 25.6 Å². The first-order valence-corrected chi connectivity index (χ1v) is 8.78.